The largest absolute Gasteiger partial charge is 0.496 e. The summed E-state index contributed by atoms with van der Waals surface area (Å²) in [6.07, 6.45) is 4.49. The van der Waals surface area contributed by atoms with Gasteiger partial charge in [-0.2, -0.15) is 0 Å². The number of unbranched alkanes of at least 4 members (excludes halogenated alkanes) is 3. The highest BCUT2D eigenvalue weighted by atomic mass is 35.5. The molecular weight excluding hydrogens is 264 g/mol. The number of ether oxygens (including phenoxy) is 1. The number of halogens is 1. The maximum Gasteiger partial charge on any atom is 0.126 e. The third-order valence-electron chi connectivity index (χ3n) is 2.99. The Hall–Kier alpha value is -0.970. The minimum Gasteiger partial charge on any atom is -0.496 e. The number of benzene rings is 1. The molecule has 0 radical (unpaired) electrons. The lowest BCUT2D eigenvalue weighted by Crippen LogP contribution is -2.04. The second-order valence-corrected chi connectivity index (χ2v) is 4.84. The molecule has 4 nitrogen and oxygen atoms in total. The van der Waals surface area contributed by atoms with Crippen LogP contribution in [-0.4, -0.2) is 25.3 Å². The van der Waals surface area contributed by atoms with Gasteiger partial charge in [0.25, 0.3) is 0 Å². The second kappa shape index (κ2) is 9.02. The van der Waals surface area contributed by atoms with E-state index in [1.165, 1.54) is 6.42 Å². The van der Waals surface area contributed by atoms with Gasteiger partial charge in [0.2, 0.25) is 0 Å². The van der Waals surface area contributed by atoms with Crippen molar-refractivity contribution in [2.24, 2.45) is 5.73 Å². The Balaban J connectivity index is 2.49. The summed E-state index contributed by atoms with van der Waals surface area (Å²) in [6.45, 7) is 1.55. The molecule has 19 heavy (non-hydrogen) atoms. The SMILES string of the molecule is COc1cc(NCCCCCCN)c(Cl)cc1CO. The number of hydrogen-bond donors (Lipinski definition) is 3. The molecule has 0 saturated heterocycles. The van der Waals surface area contributed by atoms with Gasteiger partial charge >= 0.3 is 0 Å². The number of rotatable bonds is 9. The van der Waals surface area contributed by atoms with Crippen LogP contribution in [0.3, 0.4) is 0 Å². The summed E-state index contributed by atoms with van der Waals surface area (Å²) < 4.78 is 5.22. The van der Waals surface area contributed by atoms with E-state index in [2.05, 4.69) is 5.32 Å². The van der Waals surface area contributed by atoms with Crippen molar-refractivity contribution in [2.45, 2.75) is 32.3 Å². The molecule has 0 aromatic heterocycles. The fraction of sp³-hybridized carbons (Fsp3) is 0.571. The molecule has 5 heteroatoms. The van der Waals surface area contributed by atoms with Crippen molar-refractivity contribution < 1.29 is 9.84 Å². The van der Waals surface area contributed by atoms with Gasteiger partial charge in [-0.25, -0.2) is 0 Å². The van der Waals surface area contributed by atoms with E-state index < -0.39 is 0 Å². The molecule has 0 bridgehead atoms. The lowest BCUT2D eigenvalue weighted by atomic mass is 10.1. The summed E-state index contributed by atoms with van der Waals surface area (Å²) in [6, 6.07) is 3.56. The first kappa shape index (κ1) is 16.1. The van der Waals surface area contributed by atoms with Crippen molar-refractivity contribution in [1.29, 1.82) is 0 Å². The van der Waals surface area contributed by atoms with Crippen LogP contribution in [0.1, 0.15) is 31.2 Å². The smallest absolute Gasteiger partial charge is 0.126 e. The number of nitrogens with one attached hydrogen (secondary N) is 1. The van der Waals surface area contributed by atoms with Gasteiger partial charge in [0.15, 0.2) is 0 Å². The zero-order chi connectivity index (χ0) is 14.1. The van der Waals surface area contributed by atoms with Crippen LogP contribution in [0.4, 0.5) is 5.69 Å². The maximum absolute atomic E-state index is 9.19. The molecule has 0 fully saturated rings. The molecule has 0 aliphatic rings. The van der Waals surface area contributed by atoms with Crippen LogP contribution in [0.2, 0.25) is 5.02 Å². The Morgan fingerprint density at radius 2 is 2.00 bits per heavy atom. The number of anilines is 1. The van der Waals surface area contributed by atoms with Crippen LogP contribution >= 0.6 is 11.6 Å². The third kappa shape index (κ3) is 5.27. The van der Waals surface area contributed by atoms with Crippen LogP contribution in [0.25, 0.3) is 0 Å². The zero-order valence-electron chi connectivity index (χ0n) is 11.4. The lowest BCUT2D eigenvalue weighted by Gasteiger charge is -2.13. The van der Waals surface area contributed by atoms with E-state index in [9.17, 15) is 5.11 Å². The number of aliphatic hydroxyl groups excluding tert-OH is 1. The zero-order valence-corrected chi connectivity index (χ0v) is 12.2. The van der Waals surface area contributed by atoms with Gasteiger partial charge in [-0.05, 0) is 25.5 Å². The van der Waals surface area contributed by atoms with E-state index >= 15 is 0 Å². The average molecular weight is 287 g/mol. The number of hydrogen-bond acceptors (Lipinski definition) is 4. The Kier molecular flexibility index (Phi) is 7.63. The highest BCUT2D eigenvalue weighted by molar-refractivity contribution is 6.33. The third-order valence-corrected chi connectivity index (χ3v) is 3.30. The first-order valence-corrected chi connectivity index (χ1v) is 7.02. The average Bonchev–Trinajstić information content (AvgIpc) is 2.43. The van der Waals surface area contributed by atoms with Crippen LogP contribution in [0.5, 0.6) is 5.75 Å². The minimum absolute atomic E-state index is 0.0811. The number of aliphatic hydroxyl groups is 1. The summed E-state index contributed by atoms with van der Waals surface area (Å²) in [5, 5.41) is 13.1. The van der Waals surface area contributed by atoms with Crippen LogP contribution in [0, 0.1) is 0 Å². The molecule has 0 aliphatic carbocycles. The molecule has 1 aromatic carbocycles. The Labute approximate surface area is 119 Å². The predicted octanol–water partition coefficient (Wildman–Crippen LogP) is 2.77. The fourth-order valence-electron chi connectivity index (χ4n) is 1.89. The summed E-state index contributed by atoms with van der Waals surface area (Å²) >= 11 is 6.15. The highest BCUT2D eigenvalue weighted by Gasteiger charge is 2.08. The van der Waals surface area contributed by atoms with Crippen LogP contribution in [-0.2, 0) is 6.61 Å². The lowest BCUT2D eigenvalue weighted by molar-refractivity contribution is 0.274. The van der Waals surface area contributed by atoms with Gasteiger partial charge < -0.3 is 20.9 Å². The topological polar surface area (TPSA) is 67.5 Å². The van der Waals surface area contributed by atoms with Crippen LogP contribution in [0.15, 0.2) is 12.1 Å². The standard InChI is InChI=1S/C14H23ClN2O2/c1-19-14-9-13(12(15)8-11(14)10-18)17-7-5-3-2-4-6-16/h8-9,17-18H,2-7,10,16H2,1H3. The van der Waals surface area contributed by atoms with E-state index in [1.807, 2.05) is 6.07 Å². The van der Waals surface area contributed by atoms with Gasteiger partial charge in [-0.15, -0.1) is 0 Å². The first-order valence-electron chi connectivity index (χ1n) is 6.64. The molecule has 1 rings (SSSR count). The normalized spacial score (nSPS) is 10.5. The molecule has 4 N–H and O–H groups in total. The van der Waals surface area contributed by atoms with E-state index in [-0.39, 0.29) is 6.61 Å². The molecule has 0 heterocycles. The molecule has 0 amide bonds. The number of methoxy groups -OCH3 is 1. The van der Waals surface area contributed by atoms with Crippen molar-refractivity contribution >= 4 is 17.3 Å². The summed E-state index contributed by atoms with van der Waals surface area (Å²) in [5.74, 6) is 0.650. The van der Waals surface area contributed by atoms with Crippen LogP contribution < -0.4 is 15.8 Å². The van der Waals surface area contributed by atoms with Gasteiger partial charge in [0, 0.05) is 18.2 Å². The Morgan fingerprint density at radius 1 is 1.26 bits per heavy atom. The van der Waals surface area contributed by atoms with E-state index in [1.54, 1.807) is 13.2 Å². The van der Waals surface area contributed by atoms with Gasteiger partial charge in [-0.1, -0.05) is 24.4 Å². The van der Waals surface area contributed by atoms with Crippen molar-refractivity contribution in [1.82, 2.24) is 0 Å². The molecule has 1 aromatic rings. The molecule has 108 valence electrons. The molecule has 0 spiro atoms. The molecule has 0 atom stereocenters. The van der Waals surface area contributed by atoms with Crippen molar-refractivity contribution in [3.05, 3.63) is 22.7 Å². The molecular formula is C14H23ClN2O2. The van der Waals surface area contributed by atoms with Crippen molar-refractivity contribution in [3.63, 3.8) is 0 Å². The van der Waals surface area contributed by atoms with E-state index in [0.717, 1.165) is 38.0 Å². The van der Waals surface area contributed by atoms with Gasteiger partial charge in [0.1, 0.15) is 5.75 Å². The van der Waals surface area contributed by atoms with Crippen molar-refractivity contribution in [3.8, 4) is 5.75 Å². The number of nitrogens with two attached hydrogens (primary N) is 1. The summed E-state index contributed by atoms with van der Waals surface area (Å²) in [5.41, 5.74) is 6.98. The molecule has 0 aliphatic heterocycles. The predicted molar refractivity (Wildman–Crippen MR) is 79.9 cm³/mol. The molecule has 0 saturated carbocycles. The quantitative estimate of drug-likeness (QED) is 0.611. The fourth-order valence-corrected chi connectivity index (χ4v) is 2.14. The second-order valence-electron chi connectivity index (χ2n) is 4.43. The highest BCUT2D eigenvalue weighted by Crippen LogP contribution is 2.30. The Morgan fingerprint density at radius 3 is 2.63 bits per heavy atom. The van der Waals surface area contributed by atoms with E-state index in [4.69, 9.17) is 22.1 Å². The molecule has 0 unspecified atom stereocenters. The Bertz CT molecular complexity index is 386. The first-order chi connectivity index (χ1) is 9.22. The van der Waals surface area contributed by atoms with Gasteiger partial charge in [0.05, 0.1) is 24.4 Å². The summed E-state index contributed by atoms with van der Waals surface area (Å²) in [7, 11) is 1.58. The summed E-state index contributed by atoms with van der Waals surface area (Å²) in [4.78, 5) is 0. The minimum atomic E-state index is -0.0811. The maximum atomic E-state index is 9.19. The van der Waals surface area contributed by atoms with Crippen molar-refractivity contribution in [2.75, 3.05) is 25.5 Å². The van der Waals surface area contributed by atoms with Gasteiger partial charge in [-0.3, -0.25) is 0 Å². The van der Waals surface area contributed by atoms with E-state index in [0.29, 0.717) is 16.3 Å². The monoisotopic (exact) mass is 286 g/mol.